The zero-order valence-electron chi connectivity index (χ0n) is 21.8. The Hall–Kier alpha value is -3.54. The van der Waals surface area contributed by atoms with Crippen molar-refractivity contribution in [3.05, 3.63) is 97.1 Å². The minimum atomic E-state index is -6.09. The monoisotopic (exact) mass is 592 g/mol. The van der Waals surface area contributed by atoms with Crippen molar-refractivity contribution in [3.8, 4) is 5.75 Å². The smallest absolute Gasteiger partial charge is 0.485 e. The van der Waals surface area contributed by atoms with Gasteiger partial charge in [-0.3, -0.25) is 0 Å². The summed E-state index contributed by atoms with van der Waals surface area (Å²) in [6.45, 7) is 5.43. The van der Waals surface area contributed by atoms with Gasteiger partial charge in [-0.25, -0.2) is 13.2 Å². The molecule has 0 aliphatic carbocycles. The van der Waals surface area contributed by atoms with Crippen molar-refractivity contribution in [2.75, 3.05) is 6.61 Å². The third-order valence-electron chi connectivity index (χ3n) is 5.05. The molecule has 0 radical (unpaired) electrons. The van der Waals surface area contributed by atoms with Crippen molar-refractivity contribution in [2.45, 2.75) is 46.6 Å². The number of esters is 1. The maximum Gasteiger partial charge on any atom is 0.485 e. The summed E-state index contributed by atoms with van der Waals surface area (Å²) in [5.74, 6) is 0.321. The van der Waals surface area contributed by atoms with Crippen LogP contribution in [0, 0.1) is 0 Å². The standard InChI is InChI=1S/C28H27O3S.CHF3O3S/c1-28(2,3)31-26(29)20-30-25-19-18-21-12-10-11-17-24(21)27(25)32(22-13-6-4-7-14-22)23-15-8-5-9-16-23;2-1(3,4)8(5,6)7/h4-19H,20H2,1-3H3;(H,5,6,7)/q+1;/p-1. The first-order valence-corrected chi connectivity index (χ1v) is 14.5. The molecule has 0 aromatic heterocycles. The van der Waals surface area contributed by atoms with Crippen LogP contribution in [0.2, 0.25) is 0 Å². The van der Waals surface area contributed by atoms with Crippen molar-refractivity contribution < 1.29 is 40.4 Å². The van der Waals surface area contributed by atoms with Crippen LogP contribution < -0.4 is 4.74 Å². The van der Waals surface area contributed by atoms with E-state index in [-0.39, 0.29) is 12.6 Å². The molecular weight excluding hydrogens is 565 g/mol. The van der Waals surface area contributed by atoms with Gasteiger partial charge in [-0.05, 0) is 62.6 Å². The highest BCUT2D eigenvalue weighted by Gasteiger charge is 2.37. The van der Waals surface area contributed by atoms with E-state index in [1.165, 1.54) is 9.79 Å². The van der Waals surface area contributed by atoms with Crippen LogP contribution in [0.4, 0.5) is 13.2 Å². The number of carbonyl (C=O) groups excluding carboxylic acids is 1. The maximum atomic E-state index is 12.4. The van der Waals surface area contributed by atoms with Gasteiger partial charge in [-0.2, -0.15) is 13.2 Å². The molecule has 0 saturated carbocycles. The minimum absolute atomic E-state index is 0.136. The quantitative estimate of drug-likeness (QED) is 0.107. The van der Waals surface area contributed by atoms with Gasteiger partial charge in [0.15, 0.2) is 32.3 Å². The Balaban J connectivity index is 0.000000482. The zero-order valence-corrected chi connectivity index (χ0v) is 23.5. The molecule has 0 saturated heterocycles. The molecule has 0 heterocycles. The van der Waals surface area contributed by atoms with E-state index in [0.717, 1.165) is 15.7 Å². The lowest BCUT2D eigenvalue weighted by Gasteiger charge is -2.20. The molecule has 40 heavy (non-hydrogen) atoms. The van der Waals surface area contributed by atoms with Gasteiger partial charge >= 0.3 is 11.5 Å². The topological polar surface area (TPSA) is 92.7 Å². The predicted octanol–water partition coefficient (Wildman–Crippen LogP) is 6.71. The van der Waals surface area contributed by atoms with Gasteiger partial charge in [0.25, 0.3) is 0 Å². The molecule has 11 heteroatoms. The van der Waals surface area contributed by atoms with Crippen LogP contribution in [0.1, 0.15) is 20.8 Å². The lowest BCUT2D eigenvalue weighted by molar-refractivity contribution is -0.157. The van der Waals surface area contributed by atoms with Gasteiger partial charge in [-0.15, -0.1) is 0 Å². The molecule has 0 bridgehead atoms. The van der Waals surface area contributed by atoms with E-state index in [1.54, 1.807) is 0 Å². The van der Waals surface area contributed by atoms with Crippen molar-refractivity contribution in [1.82, 2.24) is 0 Å². The summed E-state index contributed by atoms with van der Waals surface area (Å²) in [5.41, 5.74) is -6.20. The first kappa shape index (κ1) is 31.0. The Labute approximate surface area is 233 Å². The Bertz CT molecular complexity index is 1500. The largest absolute Gasteiger partial charge is 0.741 e. The third kappa shape index (κ3) is 8.48. The molecule has 0 aliphatic rings. The van der Waals surface area contributed by atoms with Gasteiger partial charge in [0.1, 0.15) is 16.5 Å². The molecular formula is C29H27F3O6S2. The van der Waals surface area contributed by atoms with E-state index in [4.69, 9.17) is 22.4 Å². The molecule has 0 atom stereocenters. The fourth-order valence-corrected chi connectivity index (χ4v) is 5.88. The summed E-state index contributed by atoms with van der Waals surface area (Å²) in [6, 6.07) is 33.2. The number of benzene rings is 4. The number of ether oxygens (including phenoxy) is 2. The highest BCUT2D eigenvalue weighted by Crippen LogP contribution is 2.41. The zero-order chi connectivity index (χ0) is 29.6. The van der Waals surface area contributed by atoms with E-state index in [0.29, 0.717) is 5.75 Å². The minimum Gasteiger partial charge on any atom is -0.741 e. The van der Waals surface area contributed by atoms with Crippen LogP contribution >= 0.6 is 0 Å². The van der Waals surface area contributed by atoms with Crippen LogP contribution in [0.25, 0.3) is 10.8 Å². The Morgan fingerprint density at radius 1 is 0.800 bits per heavy atom. The van der Waals surface area contributed by atoms with E-state index in [9.17, 15) is 18.0 Å². The van der Waals surface area contributed by atoms with E-state index < -0.39 is 32.1 Å². The highest BCUT2D eigenvalue weighted by atomic mass is 32.2. The summed E-state index contributed by atoms with van der Waals surface area (Å²) in [6.07, 6.45) is 0. The molecule has 0 spiro atoms. The molecule has 0 N–H and O–H groups in total. The molecule has 0 unspecified atom stereocenters. The fourth-order valence-electron chi connectivity index (χ4n) is 3.54. The van der Waals surface area contributed by atoms with Crippen molar-refractivity contribution in [1.29, 1.82) is 0 Å². The summed E-state index contributed by atoms with van der Waals surface area (Å²) >= 11 is 0. The summed E-state index contributed by atoms with van der Waals surface area (Å²) in [7, 11) is -6.50. The number of halogens is 3. The first-order valence-electron chi connectivity index (χ1n) is 11.9. The molecule has 212 valence electrons. The normalized spacial score (nSPS) is 12.0. The van der Waals surface area contributed by atoms with Crippen LogP contribution in [-0.4, -0.2) is 36.7 Å². The summed E-state index contributed by atoms with van der Waals surface area (Å²) in [4.78, 5) is 15.8. The number of carbonyl (C=O) groups is 1. The highest BCUT2D eigenvalue weighted by molar-refractivity contribution is 7.97. The number of fused-ring (bicyclic) bond motifs is 1. The van der Waals surface area contributed by atoms with E-state index in [1.807, 2.05) is 57.2 Å². The number of hydrogen-bond donors (Lipinski definition) is 0. The van der Waals surface area contributed by atoms with Gasteiger partial charge in [-0.1, -0.05) is 60.7 Å². The maximum absolute atomic E-state index is 12.4. The van der Waals surface area contributed by atoms with Crippen molar-refractivity contribution >= 4 is 37.8 Å². The van der Waals surface area contributed by atoms with E-state index >= 15 is 0 Å². The molecule has 4 rings (SSSR count). The van der Waals surface area contributed by atoms with Gasteiger partial charge in [0, 0.05) is 5.39 Å². The van der Waals surface area contributed by atoms with E-state index in [2.05, 4.69) is 60.7 Å². The van der Waals surface area contributed by atoms with Crippen molar-refractivity contribution in [3.63, 3.8) is 0 Å². The second kappa shape index (κ2) is 12.8. The van der Waals surface area contributed by atoms with Gasteiger partial charge in [0.2, 0.25) is 4.90 Å². The average Bonchev–Trinajstić information content (AvgIpc) is 2.88. The van der Waals surface area contributed by atoms with Gasteiger partial charge in [0.05, 0.1) is 0 Å². The van der Waals surface area contributed by atoms with Crippen LogP contribution in [0.15, 0.2) is 112 Å². The first-order chi connectivity index (χ1) is 18.7. The van der Waals surface area contributed by atoms with Crippen LogP contribution in [0.5, 0.6) is 5.75 Å². The Morgan fingerprint density at radius 2 is 1.27 bits per heavy atom. The Kier molecular flexibility index (Phi) is 9.88. The SMILES string of the molecule is CC(C)(C)OC(=O)COc1ccc2ccccc2c1[S+](c1ccccc1)c1ccccc1.O=S(=O)([O-])C(F)(F)F. The second-order valence-electron chi connectivity index (χ2n) is 9.32. The molecule has 0 fully saturated rings. The summed E-state index contributed by atoms with van der Waals surface area (Å²) in [5, 5.41) is 2.25. The number of alkyl halides is 3. The third-order valence-corrected chi connectivity index (χ3v) is 7.94. The Morgan fingerprint density at radius 3 is 1.75 bits per heavy atom. The number of rotatable bonds is 6. The predicted molar refractivity (Wildman–Crippen MR) is 146 cm³/mol. The lowest BCUT2D eigenvalue weighted by atomic mass is 10.1. The molecule has 6 nitrogen and oxygen atoms in total. The molecule has 0 amide bonds. The average molecular weight is 593 g/mol. The molecule has 4 aromatic carbocycles. The number of hydrogen-bond acceptors (Lipinski definition) is 6. The molecule has 4 aromatic rings. The van der Waals surface area contributed by atoms with Crippen molar-refractivity contribution in [2.24, 2.45) is 0 Å². The van der Waals surface area contributed by atoms with Crippen LogP contribution in [-0.2, 0) is 30.5 Å². The molecule has 0 aliphatic heterocycles. The second-order valence-corrected chi connectivity index (χ2v) is 12.7. The van der Waals surface area contributed by atoms with Gasteiger partial charge < -0.3 is 14.0 Å². The fraction of sp³-hybridized carbons (Fsp3) is 0.207. The van der Waals surface area contributed by atoms with Crippen LogP contribution in [0.3, 0.4) is 0 Å². The summed E-state index contributed by atoms with van der Waals surface area (Å²) < 4.78 is 70.5. The lowest BCUT2D eigenvalue weighted by Crippen LogP contribution is -2.27.